The first-order valence-corrected chi connectivity index (χ1v) is 7.90. The second kappa shape index (κ2) is 6.24. The van der Waals surface area contributed by atoms with Gasteiger partial charge in [-0.15, -0.1) is 0 Å². The molecule has 0 aromatic heterocycles. The average Bonchev–Trinajstić information content (AvgIpc) is 2.48. The fourth-order valence-electron chi connectivity index (χ4n) is 3.29. The van der Waals surface area contributed by atoms with Gasteiger partial charge in [-0.3, -0.25) is 0 Å². The fraction of sp³-hybridized carbons (Fsp3) is 0.647. The van der Waals surface area contributed by atoms with Crippen molar-refractivity contribution in [2.45, 2.75) is 43.6 Å². The van der Waals surface area contributed by atoms with Crippen LogP contribution >= 0.6 is 0 Å². The van der Waals surface area contributed by atoms with Crippen LogP contribution in [0.4, 0.5) is 0 Å². The van der Waals surface area contributed by atoms with Gasteiger partial charge in [-0.05, 0) is 30.5 Å². The Balaban J connectivity index is 1.82. The third-order valence-electron chi connectivity index (χ3n) is 4.94. The van der Waals surface area contributed by atoms with Gasteiger partial charge in [0, 0.05) is 24.8 Å². The van der Waals surface area contributed by atoms with E-state index in [-0.39, 0.29) is 11.5 Å². The lowest BCUT2D eigenvalue weighted by Crippen LogP contribution is -2.41. The minimum atomic E-state index is 0.153. The van der Waals surface area contributed by atoms with Gasteiger partial charge in [-0.2, -0.15) is 0 Å². The van der Waals surface area contributed by atoms with Crippen LogP contribution in [0, 0.1) is 0 Å². The van der Waals surface area contributed by atoms with Gasteiger partial charge in [-0.1, -0.05) is 12.5 Å². The topological polar surface area (TPSA) is 53.7 Å². The third kappa shape index (κ3) is 2.87. The minimum Gasteiger partial charge on any atom is -0.493 e. The molecule has 0 radical (unpaired) electrons. The molecule has 0 unspecified atom stereocenters. The fourth-order valence-corrected chi connectivity index (χ4v) is 3.29. The highest BCUT2D eigenvalue weighted by atomic mass is 16.5. The molecule has 1 saturated heterocycles. The van der Waals surface area contributed by atoms with Crippen LogP contribution in [0.1, 0.15) is 37.7 Å². The molecular weight excluding hydrogens is 266 g/mol. The summed E-state index contributed by atoms with van der Waals surface area (Å²) in [5, 5.41) is 0. The zero-order valence-corrected chi connectivity index (χ0v) is 12.8. The Labute approximate surface area is 126 Å². The Morgan fingerprint density at radius 2 is 2.00 bits per heavy atom. The van der Waals surface area contributed by atoms with Crippen molar-refractivity contribution in [1.29, 1.82) is 0 Å². The van der Waals surface area contributed by atoms with Crippen LogP contribution in [0.15, 0.2) is 18.2 Å². The molecule has 0 atom stereocenters. The highest BCUT2D eigenvalue weighted by Crippen LogP contribution is 2.45. The number of rotatable bonds is 5. The molecule has 116 valence electrons. The molecular formula is C17H25NO3. The minimum absolute atomic E-state index is 0.153. The summed E-state index contributed by atoms with van der Waals surface area (Å²) in [6.07, 6.45) is 5.71. The maximum absolute atomic E-state index is 6.18. The van der Waals surface area contributed by atoms with E-state index < -0.39 is 0 Å². The van der Waals surface area contributed by atoms with Gasteiger partial charge in [0.1, 0.15) is 6.10 Å². The smallest absolute Gasteiger partial charge is 0.161 e. The van der Waals surface area contributed by atoms with E-state index in [1.54, 1.807) is 7.11 Å². The van der Waals surface area contributed by atoms with Crippen molar-refractivity contribution < 1.29 is 14.2 Å². The molecule has 4 heteroatoms. The van der Waals surface area contributed by atoms with Gasteiger partial charge in [0.15, 0.2) is 11.5 Å². The largest absolute Gasteiger partial charge is 0.493 e. The quantitative estimate of drug-likeness (QED) is 0.906. The molecule has 0 spiro atoms. The van der Waals surface area contributed by atoms with Crippen molar-refractivity contribution in [3.63, 3.8) is 0 Å². The number of ether oxygens (including phenoxy) is 3. The molecule has 1 aliphatic heterocycles. The van der Waals surface area contributed by atoms with Crippen LogP contribution in [-0.2, 0) is 10.2 Å². The van der Waals surface area contributed by atoms with Crippen LogP contribution < -0.4 is 15.2 Å². The van der Waals surface area contributed by atoms with Gasteiger partial charge in [0.2, 0.25) is 0 Å². The predicted molar refractivity (Wildman–Crippen MR) is 82.0 cm³/mol. The average molecular weight is 291 g/mol. The van der Waals surface area contributed by atoms with E-state index >= 15 is 0 Å². The number of nitrogens with two attached hydrogens (primary N) is 1. The van der Waals surface area contributed by atoms with Crippen LogP contribution in [0.25, 0.3) is 0 Å². The van der Waals surface area contributed by atoms with E-state index in [9.17, 15) is 0 Å². The Bertz CT molecular complexity index is 473. The van der Waals surface area contributed by atoms with Gasteiger partial charge in [-0.25, -0.2) is 0 Å². The number of hydrogen-bond acceptors (Lipinski definition) is 4. The highest BCUT2D eigenvalue weighted by Gasteiger charge is 2.37. The summed E-state index contributed by atoms with van der Waals surface area (Å²) in [4.78, 5) is 0. The summed E-state index contributed by atoms with van der Waals surface area (Å²) in [7, 11) is 1.69. The lowest BCUT2D eigenvalue weighted by molar-refractivity contribution is 0.0244. The first-order valence-electron chi connectivity index (χ1n) is 7.90. The van der Waals surface area contributed by atoms with E-state index in [1.807, 2.05) is 6.07 Å². The molecule has 2 N–H and O–H groups in total. The van der Waals surface area contributed by atoms with E-state index in [0.29, 0.717) is 6.54 Å². The van der Waals surface area contributed by atoms with Crippen molar-refractivity contribution in [3.05, 3.63) is 23.8 Å². The summed E-state index contributed by atoms with van der Waals surface area (Å²) in [5.41, 5.74) is 7.46. The second-order valence-corrected chi connectivity index (χ2v) is 6.13. The molecule has 1 aliphatic carbocycles. The van der Waals surface area contributed by atoms with Crippen molar-refractivity contribution in [1.82, 2.24) is 0 Å². The Kier molecular flexibility index (Phi) is 4.36. The summed E-state index contributed by atoms with van der Waals surface area (Å²) >= 11 is 0. The number of benzene rings is 1. The second-order valence-electron chi connectivity index (χ2n) is 6.13. The molecule has 21 heavy (non-hydrogen) atoms. The maximum Gasteiger partial charge on any atom is 0.161 e. The standard InChI is InChI=1S/C17H25NO3/c1-19-15-4-3-13(17(12-18)7-2-8-17)11-16(15)21-14-5-9-20-10-6-14/h3-4,11,14H,2,5-10,12,18H2,1H3. The molecule has 1 saturated carbocycles. The van der Waals surface area contributed by atoms with E-state index in [2.05, 4.69) is 12.1 Å². The molecule has 1 aromatic carbocycles. The van der Waals surface area contributed by atoms with Crippen molar-refractivity contribution >= 4 is 0 Å². The third-order valence-corrected chi connectivity index (χ3v) is 4.94. The molecule has 2 aliphatic rings. The van der Waals surface area contributed by atoms with Crippen molar-refractivity contribution in [2.24, 2.45) is 5.73 Å². The van der Waals surface area contributed by atoms with Crippen LogP contribution in [-0.4, -0.2) is 33.0 Å². The predicted octanol–water partition coefficient (Wildman–Crippen LogP) is 2.63. The number of hydrogen-bond donors (Lipinski definition) is 1. The summed E-state index contributed by atoms with van der Waals surface area (Å²) in [6, 6.07) is 6.29. The number of methoxy groups -OCH3 is 1. The summed E-state index contributed by atoms with van der Waals surface area (Å²) in [6.45, 7) is 2.26. The first kappa shape index (κ1) is 14.7. The SMILES string of the molecule is COc1ccc(C2(CN)CCC2)cc1OC1CCOCC1. The lowest BCUT2D eigenvalue weighted by atomic mass is 9.64. The molecule has 1 aromatic rings. The van der Waals surface area contributed by atoms with E-state index in [4.69, 9.17) is 19.9 Å². The maximum atomic E-state index is 6.18. The first-order chi connectivity index (χ1) is 10.3. The van der Waals surface area contributed by atoms with Crippen LogP contribution in [0.5, 0.6) is 11.5 Å². The van der Waals surface area contributed by atoms with E-state index in [0.717, 1.165) is 37.6 Å². The van der Waals surface area contributed by atoms with E-state index in [1.165, 1.54) is 24.8 Å². The van der Waals surface area contributed by atoms with Crippen LogP contribution in [0.3, 0.4) is 0 Å². The molecule has 2 fully saturated rings. The summed E-state index contributed by atoms with van der Waals surface area (Å²) < 4.78 is 17.0. The molecule has 3 rings (SSSR count). The van der Waals surface area contributed by atoms with Gasteiger partial charge in [0.25, 0.3) is 0 Å². The van der Waals surface area contributed by atoms with Gasteiger partial charge >= 0.3 is 0 Å². The molecule has 4 nitrogen and oxygen atoms in total. The molecule has 0 amide bonds. The molecule has 1 heterocycles. The molecule has 0 bridgehead atoms. The zero-order chi connectivity index (χ0) is 14.7. The van der Waals surface area contributed by atoms with Crippen LogP contribution in [0.2, 0.25) is 0 Å². The zero-order valence-electron chi connectivity index (χ0n) is 12.8. The Morgan fingerprint density at radius 1 is 1.24 bits per heavy atom. The summed E-state index contributed by atoms with van der Waals surface area (Å²) in [5.74, 6) is 1.65. The normalized spacial score (nSPS) is 21.6. The van der Waals surface area contributed by atoms with Gasteiger partial charge in [0.05, 0.1) is 20.3 Å². The van der Waals surface area contributed by atoms with Gasteiger partial charge < -0.3 is 19.9 Å². The Morgan fingerprint density at radius 3 is 2.57 bits per heavy atom. The van der Waals surface area contributed by atoms with Crippen molar-refractivity contribution in [2.75, 3.05) is 26.9 Å². The van der Waals surface area contributed by atoms with Crippen molar-refractivity contribution in [3.8, 4) is 11.5 Å². The highest BCUT2D eigenvalue weighted by molar-refractivity contribution is 5.46. The Hall–Kier alpha value is -1.26. The lowest BCUT2D eigenvalue weighted by Gasteiger charge is -2.41. The monoisotopic (exact) mass is 291 g/mol.